The molecule has 24 heavy (non-hydrogen) atoms. The number of hydrogen-bond acceptors (Lipinski definition) is 3. The Hall–Kier alpha value is -2.12. The lowest BCUT2D eigenvalue weighted by molar-refractivity contribution is 0.582. The van der Waals surface area contributed by atoms with Gasteiger partial charge < -0.3 is 0 Å². The Bertz CT molecular complexity index is 976. The molecule has 3 aromatic rings. The SMILES string of the molecule is CN=c1scc(-c2ccccc2Br)n1/N=C\c1ccc(F)cc1F. The summed E-state index contributed by atoms with van der Waals surface area (Å²) in [5.74, 6) is -1.28. The second-order valence-electron chi connectivity index (χ2n) is 4.83. The van der Waals surface area contributed by atoms with E-state index < -0.39 is 11.6 Å². The van der Waals surface area contributed by atoms with E-state index in [9.17, 15) is 8.78 Å². The molecule has 1 aromatic heterocycles. The molecule has 3 nitrogen and oxygen atoms in total. The summed E-state index contributed by atoms with van der Waals surface area (Å²) in [6.07, 6.45) is 1.36. The Kier molecular flexibility index (Phi) is 5.01. The lowest BCUT2D eigenvalue weighted by Gasteiger charge is -2.05. The fourth-order valence-electron chi connectivity index (χ4n) is 2.14. The van der Waals surface area contributed by atoms with Crippen LogP contribution in [-0.2, 0) is 0 Å². The van der Waals surface area contributed by atoms with Gasteiger partial charge in [-0.3, -0.25) is 4.99 Å². The summed E-state index contributed by atoms with van der Waals surface area (Å²) < 4.78 is 29.3. The van der Waals surface area contributed by atoms with Crippen LogP contribution in [0, 0.1) is 11.6 Å². The Balaban J connectivity index is 2.09. The summed E-state index contributed by atoms with van der Waals surface area (Å²) in [7, 11) is 1.67. The Labute approximate surface area is 149 Å². The largest absolute Gasteiger partial charge is 0.261 e. The third-order valence-electron chi connectivity index (χ3n) is 3.30. The zero-order valence-electron chi connectivity index (χ0n) is 12.6. The van der Waals surface area contributed by atoms with Gasteiger partial charge >= 0.3 is 0 Å². The van der Waals surface area contributed by atoms with Crippen LogP contribution in [0.4, 0.5) is 8.78 Å². The molecule has 0 atom stereocenters. The quantitative estimate of drug-likeness (QED) is 0.564. The third kappa shape index (κ3) is 3.37. The van der Waals surface area contributed by atoms with Crippen molar-refractivity contribution in [1.29, 1.82) is 0 Å². The molecular weight excluding hydrogens is 396 g/mol. The first-order chi connectivity index (χ1) is 11.6. The molecule has 0 unspecified atom stereocenters. The molecule has 3 rings (SSSR count). The standard InChI is InChI=1S/C17H12BrF2N3S/c1-21-17-23(22-9-11-6-7-12(19)8-15(11)20)16(10-24-17)13-4-2-3-5-14(13)18/h2-10H,1H3/b21-17?,22-9-. The van der Waals surface area contributed by atoms with Gasteiger partial charge in [0.1, 0.15) is 11.6 Å². The minimum absolute atomic E-state index is 0.204. The van der Waals surface area contributed by atoms with Crippen LogP contribution in [0.2, 0.25) is 0 Å². The molecule has 0 fully saturated rings. The fourth-order valence-corrected chi connectivity index (χ4v) is 3.43. The molecule has 0 aliphatic carbocycles. The molecule has 0 N–H and O–H groups in total. The lowest BCUT2D eigenvalue weighted by atomic mass is 10.2. The smallest absolute Gasteiger partial charge is 0.205 e. The first kappa shape index (κ1) is 16.7. The van der Waals surface area contributed by atoms with Crippen LogP contribution in [-0.4, -0.2) is 17.9 Å². The van der Waals surface area contributed by atoms with Crippen LogP contribution in [0.15, 0.2) is 62.4 Å². The van der Waals surface area contributed by atoms with Crippen LogP contribution in [0.25, 0.3) is 11.3 Å². The van der Waals surface area contributed by atoms with Crippen molar-refractivity contribution >= 4 is 33.5 Å². The maximum atomic E-state index is 13.8. The van der Waals surface area contributed by atoms with Crippen molar-refractivity contribution in [3.63, 3.8) is 0 Å². The van der Waals surface area contributed by atoms with E-state index in [0.29, 0.717) is 4.80 Å². The molecule has 1 heterocycles. The molecule has 2 aromatic carbocycles. The van der Waals surface area contributed by atoms with Gasteiger partial charge in [0.25, 0.3) is 0 Å². The molecule has 0 saturated heterocycles. The van der Waals surface area contributed by atoms with Crippen molar-refractivity contribution in [3.05, 3.63) is 74.3 Å². The van der Waals surface area contributed by atoms with Crippen LogP contribution in [0.1, 0.15) is 5.56 Å². The predicted octanol–water partition coefficient (Wildman–Crippen LogP) is 4.67. The maximum Gasteiger partial charge on any atom is 0.205 e. The number of halogens is 3. The summed E-state index contributed by atoms with van der Waals surface area (Å²) >= 11 is 4.95. The van der Waals surface area contributed by atoms with E-state index in [1.54, 1.807) is 11.7 Å². The topological polar surface area (TPSA) is 29.6 Å². The highest BCUT2D eigenvalue weighted by Crippen LogP contribution is 2.28. The van der Waals surface area contributed by atoms with Gasteiger partial charge in [0, 0.05) is 34.1 Å². The highest BCUT2D eigenvalue weighted by molar-refractivity contribution is 9.10. The van der Waals surface area contributed by atoms with Crippen molar-refractivity contribution < 1.29 is 8.78 Å². The Morgan fingerprint density at radius 1 is 1.17 bits per heavy atom. The van der Waals surface area contributed by atoms with Crippen molar-refractivity contribution in [2.24, 2.45) is 10.1 Å². The molecular formula is C17H12BrF2N3S. The molecule has 122 valence electrons. The second-order valence-corrected chi connectivity index (χ2v) is 6.52. The van der Waals surface area contributed by atoms with Gasteiger partial charge in [0.15, 0.2) is 0 Å². The predicted molar refractivity (Wildman–Crippen MR) is 96.3 cm³/mol. The zero-order valence-corrected chi connectivity index (χ0v) is 15.0. The van der Waals surface area contributed by atoms with Gasteiger partial charge in [0.2, 0.25) is 4.80 Å². The Morgan fingerprint density at radius 3 is 2.67 bits per heavy atom. The van der Waals surface area contributed by atoms with Crippen LogP contribution in [0.3, 0.4) is 0 Å². The van der Waals surface area contributed by atoms with Crippen molar-refractivity contribution in [2.45, 2.75) is 0 Å². The van der Waals surface area contributed by atoms with Crippen LogP contribution in [0.5, 0.6) is 0 Å². The highest BCUT2D eigenvalue weighted by atomic mass is 79.9. The van der Waals surface area contributed by atoms with E-state index in [4.69, 9.17) is 0 Å². The molecule has 0 spiro atoms. The number of aromatic nitrogens is 1. The van der Waals surface area contributed by atoms with Crippen molar-refractivity contribution in [2.75, 3.05) is 7.05 Å². The van der Waals surface area contributed by atoms with Gasteiger partial charge in [-0.2, -0.15) is 5.10 Å². The van der Waals surface area contributed by atoms with E-state index in [-0.39, 0.29) is 5.56 Å². The fraction of sp³-hybridized carbons (Fsp3) is 0.0588. The van der Waals surface area contributed by atoms with Crippen LogP contribution >= 0.6 is 27.3 Å². The van der Waals surface area contributed by atoms with E-state index >= 15 is 0 Å². The van der Waals surface area contributed by atoms with E-state index in [2.05, 4.69) is 26.0 Å². The van der Waals surface area contributed by atoms with Gasteiger partial charge in [-0.05, 0) is 18.2 Å². The van der Waals surface area contributed by atoms with Gasteiger partial charge in [0.05, 0.1) is 11.9 Å². The lowest BCUT2D eigenvalue weighted by Crippen LogP contribution is -2.11. The summed E-state index contributed by atoms with van der Waals surface area (Å²) in [6, 6.07) is 11.1. The van der Waals surface area contributed by atoms with E-state index in [0.717, 1.165) is 21.8 Å². The first-order valence-corrected chi connectivity index (χ1v) is 8.65. The van der Waals surface area contributed by atoms with Gasteiger partial charge in [-0.1, -0.05) is 34.1 Å². The Morgan fingerprint density at radius 2 is 1.96 bits per heavy atom. The molecule has 0 radical (unpaired) electrons. The number of hydrogen-bond donors (Lipinski definition) is 0. The minimum Gasteiger partial charge on any atom is -0.261 e. The number of benzene rings is 2. The summed E-state index contributed by atoms with van der Waals surface area (Å²) in [5.41, 5.74) is 1.97. The summed E-state index contributed by atoms with van der Waals surface area (Å²) in [5, 5.41) is 6.27. The summed E-state index contributed by atoms with van der Waals surface area (Å²) in [4.78, 5) is 4.86. The monoisotopic (exact) mass is 407 g/mol. The normalized spacial score (nSPS) is 12.2. The molecule has 0 aliphatic rings. The second kappa shape index (κ2) is 7.19. The number of nitrogens with zero attached hydrogens (tertiary/aromatic N) is 3. The minimum atomic E-state index is -0.660. The number of rotatable bonds is 3. The first-order valence-electron chi connectivity index (χ1n) is 6.98. The van der Waals surface area contributed by atoms with Gasteiger partial charge in [-0.25, -0.2) is 13.5 Å². The maximum absolute atomic E-state index is 13.8. The zero-order chi connectivity index (χ0) is 17.1. The molecule has 7 heteroatoms. The summed E-state index contributed by atoms with van der Waals surface area (Å²) in [6.45, 7) is 0. The molecule has 0 saturated carbocycles. The van der Waals surface area contributed by atoms with Gasteiger partial charge in [-0.15, -0.1) is 11.3 Å². The average Bonchev–Trinajstić information content (AvgIpc) is 2.97. The van der Waals surface area contributed by atoms with E-state index in [1.807, 2.05) is 29.6 Å². The number of thiazole rings is 1. The van der Waals surface area contributed by atoms with Crippen molar-refractivity contribution in [1.82, 2.24) is 4.68 Å². The molecule has 0 aliphatic heterocycles. The van der Waals surface area contributed by atoms with Crippen LogP contribution < -0.4 is 4.80 Å². The molecule has 0 bridgehead atoms. The molecule has 0 amide bonds. The third-order valence-corrected chi connectivity index (χ3v) is 4.90. The average molecular weight is 408 g/mol. The van der Waals surface area contributed by atoms with Crippen molar-refractivity contribution in [3.8, 4) is 11.3 Å². The van der Waals surface area contributed by atoms with E-state index in [1.165, 1.54) is 29.7 Å². The highest BCUT2D eigenvalue weighted by Gasteiger charge is 2.10.